The van der Waals surface area contributed by atoms with Crippen LogP contribution in [-0.4, -0.2) is 7.11 Å². The van der Waals surface area contributed by atoms with Gasteiger partial charge in [-0.2, -0.15) is 0 Å². The first-order valence-electron chi connectivity index (χ1n) is 6.16. The van der Waals surface area contributed by atoms with Crippen molar-refractivity contribution in [2.24, 2.45) is 0 Å². The van der Waals surface area contributed by atoms with Crippen molar-refractivity contribution in [1.82, 2.24) is 0 Å². The molecular weight excluding hydrogens is 224 g/mol. The van der Waals surface area contributed by atoms with Gasteiger partial charge >= 0.3 is 0 Å². The number of methoxy groups -OCH3 is 1. The summed E-state index contributed by atoms with van der Waals surface area (Å²) in [6, 6.07) is 15.5. The van der Waals surface area contributed by atoms with Crippen molar-refractivity contribution in [2.75, 3.05) is 7.11 Å². The second-order valence-corrected chi connectivity index (χ2v) is 3.59. The zero-order valence-electron chi connectivity index (χ0n) is 11.4. The maximum Gasteiger partial charge on any atom is 0.131 e. The van der Waals surface area contributed by atoms with Gasteiger partial charge in [0.1, 0.15) is 17.2 Å². The number of benzene rings is 2. The Morgan fingerprint density at radius 3 is 2.00 bits per heavy atom. The van der Waals surface area contributed by atoms with Crippen LogP contribution in [0.5, 0.6) is 17.2 Å². The number of aryl methyl sites for hydroxylation is 1. The van der Waals surface area contributed by atoms with Crippen LogP contribution in [0.25, 0.3) is 0 Å². The smallest absolute Gasteiger partial charge is 0.131 e. The van der Waals surface area contributed by atoms with E-state index >= 15 is 0 Å². The SMILES string of the molecule is CC.COc1cccc(Oc2ccc(C)cc2)c1. The summed E-state index contributed by atoms with van der Waals surface area (Å²) in [5.74, 6) is 2.41. The van der Waals surface area contributed by atoms with Crippen LogP contribution in [0.15, 0.2) is 48.5 Å². The Hall–Kier alpha value is -1.96. The molecule has 0 bridgehead atoms. The minimum Gasteiger partial charge on any atom is -0.497 e. The summed E-state index contributed by atoms with van der Waals surface area (Å²) in [7, 11) is 1.64. The molecule has 2 aromatic rings. The lowest BCUT2D eigenvalue weighted by atomic mass is 10.2. The van der Waals surface area contributed by atoms with Gasteiger partial charge in [0, 0.05) is 6.07 Å². The highest BCUT2D eigenvalue weighted by Crippen LogP contribution is 2.25. The highest BCUT2D eigenvalue weighted by Gasteiger charge is 1.98. The first-order chi connectivity index (χ1) is 8.78. The Balaban J connectivity index is 0.000000771. The molecule has 2 nitrogen and oxygen atoms in total. The van der Waals surface area contributed by atoms with Gasteiger partial charge in [-0.25, -0.2) is 0 Å². The normalized spacial score (nSPS) is 9.11. The molecule has 0 fully saturated rings. The van der Waals surface area contributed by atoms with Gasteiger partial charge in [-0.15, -0.1) is 0 Å². The first-order valence-corrected chi connectivity index (χ1v) is 6.16. The zero-order valence-corrected chi connectivity index (χ0v) is 11.4. The molecule has 0 unspecified atom stereocenters. The number of rotatable bonds is 3. The van der Waals surface area contributed by atoms with Crippen LogP contribution < -0.4 is 9.47 Å². The Labute approximate surface area is 109 Å². The van der Waals surface area contributed by atoms with Crippen LogP contribution in [0.2, 0.25) is 0 Å². The summed E-state index contributed by atoms with van der Waals surface area (Å²) in [5, 5.41) is 0. The molecule has 2 heteroatoms. The molecular formula is C16H20O2. The molecule has 0 atom stereocenters. The number of hydrogen-bond donors (Lipinski definition) is 0. The van der Waals surface area contributed by atoms with Crippen LogP contribution in [0.1, 0.15) is 19.4 Å². The van der Waals surface area contributed by atoms with Gasteiger partial charge in [0.25, 0.3) is 0 Å². The van der Waals surface area contributed by atoms with Crippen LogP contribution in [0.4, 0.5) is 0 Å². The minimum absolute atomic E-state index is 0.781. The molecule has 18 heavy (non-hydrogen) atoms. The summed E-state index contributed by atoms with van der Waals surface area (Å²) in [4.78, 5) is 0. The van der Waals surface area contributed by atoms with Crippen molar-refractivity contribution >= 4 is 0 Å². The van der Waals surface area contributed by atoms with E-state index in [0.717, 1.165) is 17.2 Å². The zero-order chi connectivity index (χ0) is 13.4. The molecule has 0 aliphatic rings. The van der Waals surface area contributed by atoms with Gasteiger partial charge in [-0.05, 0) is 31.2 Å². The maximum atomic E-state index is 5.70. The molecule has 0 radical (unpaired) electrons. The summed E-state index contributed by atoms with van der Waals surface area (Å²) in [6.07, 6.45) is 0. The summed E-state index contributed by atoms with van der Waals surface area (Å²) in [5.41, 5.74) is 1.22. The fourth-order valence-electron chi connectivity index (χ4n) is 1.41. The molecule has 0 saturated carbocycles. The molecule has 2 rings (SSSR count). The van der Waals surface area contributed by atoms with Crippen LogP contribution in [-0.2, 0) is 0 Å². The highest BCUT2D eigenvalue weighted by molar-refractivity contribution is 5.37. The lowest BCUT2D eigenvalue weighted by Gasteiger charge is -2.07. The predicted octanol–water partition coefficient (Wildman–Crippen LogP) is 4.82. The average Bonchev–Trinajstić information content (AvgIpc) is 2.44. The van der Waals surface area contributed by atoms with E-state index in [0.29, 0.717) is 0 Å². The van der Waals surface area contributed by atoms with Crippen molar-refractivity contribution in [3.63, 3.8) is 0 Å². The molecule has 0 heterocycles. The van der Waals surface area contributed by atoms with Crippen molar-refractivity contribution in [1.29, 1.82) is 0 Å². The Morgan fingerprint density at radius 2 is 1.39 bits per heavy atom. The molecule has 0 amide bonds. The average molecular weight is 244 g/mol. The fourth-order valence-corrected chi connectivity index (χ4v) is 1.41. The summed E-state index contributed by atoms with van der Waals surface area (Å²) >= 11 is 0. The third kappa shape index (κ3) is 4.13. The number of hydrogen-bond acceptors (Lipinski definition) is 2. The van der Waals surface area contributed by atoms with Crippen LogP contribution in [0.3, 0.4) is 0 Å². The van der Waals surface area contributed by atoms with E-state index in [1.807, 2.05) is 62.4 Å². The van der Waals surface area contributed by atoms with Gasteiger partial charge in [-0.1, -0.05) is 37.6 Å². The Kier molecular flexibility index (Phi) is 5.78. The van der Waals surface area contributed by atoms with Crippen molar-refractivity contribution in [2.45, 2.75) is 20.8 Å². The quantitative estimate of drug-likeness (QED) is 0.770. The van der Waals surface area contributed by atoms with E-state index in [2.05, 4.69) is 6.92 Å². The van der Waals surface area contributed by atoms with E-state index in [4.69, 9.17) is 9.47 Å². The van der Waals surface area contributed by atoms with Crippen LogP contribution in [0, 0.1) is 6.92 Å². The molecule has 0 aromatic heterocycles. The molecule has 0 aliphatic heterocycles. The second-order valence-electron chi connectivity index (χ2n) is 3.59. The predicted molar refractivity (Wildman–Crippen MR) is 75.6 cm³/mol. The number of ether oxygens (including phenoxy) is 2. The largest absolute Gasteiger partial charge is 0.497 e. The van der Waals surface area contributed by atoms with Gasteiger partial charge < -0.3 is 9.47 Å². The Bertz CT molecular complexity index is 461. The van der Waals surface area contributed by atoms with Crippen LogP contribution >= 0.6 is 0 Å². The molecule has 0 aliphatic carbocycles. The lowest BCUT2D eigenvalue weighted by Crippen LogP contribution is -1.86. The molecule has 96 valence electrons. The van der Waals surface area contributed by atoms with E-state index in [-0.39, 0.29) is 0 Å². The third-order valence-corrected chi connectivity index (χ3v) is 2.30. The van der Waals surface area contributed by atoms with E-state index in [9.17, 15) is 0 Å². The minimum atomic E-state index is 0.781. The molecule has 0 saturated heterocycles. The van der Waals surface area contributed by atoms with Gasteiger partial charge in [0.05, 0.1) is 7.11 Å². The van der Waals surface area contributed by atoms with Gasteiger partial charge in [0.2, 0.25) is 0 Å². The second kappa shape index (κ2) is 7.38. The van der Waals surface area contributed by atoms with E-state index < -0.39 is 0 Å². The molecule has 2 aromatic carbocycles. The Morgan fingerprint density at radius 1 is 0.778 bits per heavy atom. The van der Waals surface area contributed by atoms with Gasteiger partial charge in [-0.3, -0.25) is 0 Å². The van der Waals surface area contributed by atoms with Crippen molar-refractivity contribution < 1.29 is 9.47 Å². The van der Waals surface area contributed by atoms with Crippen molar-refractivity contribution in [3.05, 3.63) is 54.1 Å². The lowest BCUT2D eigenvalue weighted by molar-refractivity contribution is 0.409. The monoisotopic (exact) mass is 244 g/mol. The third-order valence-electron chi connectivity index (χ3n) is 2.30. The highest BCUT2D eigenvalue weighted by atomic mass is 16.5. The summed E-state index contributed by atoms with van der Waals surface area (Å²) < 4.78 is 10.8. The molecule has 0 spiro atoms. The first kappa shape index (κ1) is 14.1. The molecule has 0 N–H and O–H groups in total. The maximum absolute atomic E-state index is 5.70. The van der Waals surface area contributed by atoms with E-state index in [1.165, 1.54) is 5.56 Å². The van der Waals surface area contributed by atoms with Crippen molar-refractivity contribution in [3.8, 4) is 17.2 Å². The topological polar surface area (TPSA) is 18.5 Å². The summed E-state index contributed by atoms with van der Waals surface area (Å²) in [6.45, 7) is 6.05. The van der Waals surface area contributed by atoms with E-state index in [1.54, 1.807) is 7.11 Å². The fraction of sp³-hybridized carbons (Fsp3) is 0.250. The standard InChI is InChI=1S/C14H14O2.C2H6/c1-11-6-8-12(9-7-11)16-14-5-3-4-13(10-14)15-2;1-2/h3-10H,1-2H3;1-2H3. The van der Waals surface area contributed by atoms with Gasteiger partial charge in [0.15, 0.2) is 0 Å².